The molecule has 5 aliphatic rings. The second kappa shape index (κ2) is 6.04. The van der Waals surface area contributed by atoms with E-state index in [1.807, 2.05) is 0 Å². The van der Waals surface area contributed by atoms with Gasteiger partial charge in [0.15, 0.2) is 5.78 Å². The highest BCUT2D eigenvalue weighted by Crippen LogP contribution is 2.77. The number of hydrogen-bond donors (Lipinski definition) is 0. The Bertz CT molecular complexity index is 854. The van der Waals surface area contributed by atoms with Crippen LogP contribution in [0.5, 0.6) is 0 Å². The van der Waals surface area contributed by atoms with Crippen LogP contribution in [0.4, 0.5) is 4.39 Å². The summed E-state index contributed by atoms with van der Waals surface area (Å²) in [7, 11) is 1.61. The Hall–Kier alpha value is -0.980. The quantitative estimate of drug-likeness (QED) is 0.639. The molecule has 6 heteroatoms. The lowest BCUT2D eigenvalue weighted by atomic mass is 9.47. The van der Waals surface area contributed by atoms with Crippen LogP contribution in [0.2, 0.25) is 0 Å². The van der Waals surface area contributed by atoms with Gasteiger partial charge in [-0.3, -0.25) is 9.59 Å². The van der Waals surface area contributed by atoms with Gasteiger partial charge in [0.2, 0.25) is 5.12 Å². The van der Waals surface area contributed by atoms with Crippen LogP contribution in [0.25, 0.3) is 0 Å². The Morgan fingerprint density at radius 2 is 2.14 bits per heavy atom. The molecule has 4 nitrogen and oxygen atoms in total. The normalized spacial score (nSPS) is 52.2. The van der Waals surface area contributed by atoms with Crippen molar-refractivity contribution in [2.45, 2.75) is 63.8 Å². The molecular weight excluding hydrogens is 391 g/mol. The van der Waals surface area contributed by atoms with E-state index < -0.39 is 11.6 Å². The number of allylic oxidation sites excluding steroid dienone is 2. The number of carbonyl (C=O) groups is 2. The molecule has 1 aliphatic heterocycles. The summed E-state index contributed by atoms with van der Waals surface area (Å²) >= 11 is 0.741. The number of halogens is 1. The van der Waals surface area contributed by atoms with E-state index in [1.54, 1.807) is 19.3 Å². The van der Waals surface area contributed by atoms with Crippen molar-refractivity contribution in [2.75, 3.05) is 13.1 Å². The monoisotopic (exact) mass is 420 g/mol. The van der Waals surface area contributed by atoms with Crippen molar-refractivity contribution >= 4 is 22.7 Å². The molecule has 158 valence electrons. The molecule has 1 spiro atoms. The standard InChI is InChI=1S/C23H29FO4S/c1-13-9-17-16-6-5-14-10-15(25)7-8-20(14,2)23(16)18(28-23)11-21(17,3)22(13,27-4)19(26)29-12-24/h7-8,10,13,16-18H,5-6,9,11-12H2,1-4H3/t13-,16?,17?,18+,20+,21+,22+,23-/m1/s1. The van der Waals surface area contributed by atoms with Crippen LogP contribution in [0.1, 0.15) is 46.5 Å². The van der Waals surface area contributed by atoms with E-state index in [0.717, 1.165) is 37.4 Å². The molecular formula is C23H29FO4S. The Morgan fingerprint density at radius 1 is 1.38 bits per heavy atom. The van der Waals surface area contributed by atoms with Crippen LogP contribution in [-0.4, -0.2) is 41.3 Å². The fourth-order valence-electron chi connectivity index (χ4n) is 8.08. The van der Waals surface area contributed by atoms with E-state index >= 15 is 0 Å². The van der Waals surface area contributed by atoms with Crippen LogP contribution < -0.4 is 0 Å². The van der Waals surface area contributed by atoms with E-state index in [4.69, 9.17) is 9.47 Å². The summed E-state index contributed by atoms with van der Waals surface area (Å²) in [5.74, 6) is 0.655. The van der Waals surface area contributed by atoms with Gasteiger partial charge in [-0.1, -0.05) is 37.3 Å². The second-order valence-electron chi connectivity index (χ2n) is 10.00. The maximum Gasteiger partial charge on any atom is 0.224 e. The maximum atomic E-state index is 13.2. The topological polar surface area (TPSA) is 55.9 Å². The molecule has 0 radical (unpaired) electrons. The first kappa shape index (κ1) is 20.0. The number of methoxy groups -OCH3 is 1. The Balaban J connectivity index is 1.59. The predicted molar refractivity (Wildman–Crippen MR) is 109 cm³/mol. The van der Waals surface area contributed by atoms with Crippen molar-refractivity contribution in [1.29, 1.82) is 0 Å². The summed E-state index contributed by atoms with van der Waals surface area (Å²) in [4.78, 5) is 25.2. The van der Waals surface area contributed by atoms with Crippen LogP contribution >= 0.6 is 11.8 Å². The van der Waals surface area contributed by atoms with Crippen molar-refractivity contribution in [2.24, 2.45) is 28.6 Å². The Labute approximate surface area is 175 Å². The summed E-state index contributed by atoms with van der Waals surface area (Å²) in [6, 6.07) is -0.726. The molecule has 2 unspecified atom stereocenters. The molecule has 0 N–H and O–H groups in total. The molecule has 4 fully saturated rings. The highest BCUT2D eigenvalue weighted by molar-refractivity contribution is 8.13. The fraction of sp³-hybridized carbons (Fsp3) is 0.739. The zero-order valence-corrected chi connectivity index (χ0v) is 18.3. The van der Waals surface area contributed by atoms with E-state index in [9.17, 15) is 14.0 Å². The van der Waals surface area contributed by atoms with Gasteiger partial charge in [-0.15, -0.1) is 0 Å². The van der Waals surface area contributed by atoms with E-state index in [-0.39, 0.29) is 45.3 Å². The van der Waals surface area contributed by atoms with Gasteiger partial charge in [-0.25, -0.2) is 4.39 Å². The minimum Gasteiger partial charge on any atom is -0.369 e. The summed E-state index contributed by atoms with van der Waals surface area (Å²) in [5.41, 5.74) is -0.753. The number of alkyl halides is 1. The predicted octanol–water partition coefficient (Wildman–Crippen LogP) is 4.24. The largest absolute Gasteiger partial charge is 0.369 e. The van der Waals surface area contributed by atoms with Crippen molar-refractivity contribution in [3.63, 3.8) is 0 Å². The van der Waals surface area contributed by atoms with Gasteiger partial charge in [0, 0.05) is 17.9 Å². The van der Waals surface area contributed by atoms with Crippen LogP contribution in [0, 0.1) is 28.6 Å². The average Bonchev–Trinajstić information content (AvgIpc) is 3.33. The number of hydrogen-bond acceptors (Lipinski definition) is 5. The molecule has 3 saturated carbocycles. The summed E-state index contributed by atoms with van der Waals surface area (Å²) in [6.45, 7) is 6.46. The third-order valence-corrected chi connectivity index (χ3v) is 9.96. The SMILES string of the molecule is CO[C@]1(C(=O)SCF)[C@H](C)CC2C3CCC4=CC(=O)C=C[C@]4(C)[C@@]34O[C@H]4C[C@@]21C. The minimum absolute atomic E-state index is 0.0248. The zero-order valence-electron chi connectivity index (χ0n) is 17.5. The first-order valence-electron chi connectivity index (χ1n) is 10.6. The number of ketones is 1. The van der Waals surface area contributed by atoms with Crippen molar-refractivity contribution in [1.82, 2.24) is 0 Å². The van der Waals surface area contributed by atoms with E-state index in [1.165, 1.54) is 5.57 Å². The molecule has 1 saturated heterocycles. The number of rotatable bonds is 3. The Kier molecular flexibility index (Phi) is 4.16. The molecule has 5 rings (SSSR count). The number of epoxide rings is 1. The van der Waals surface area contributed by atoms with Crippen LogP contribution in [0.3, 0.4) is 0 Å². The van der Waals surface area contributed by atoms with Crippen LogP contribution in [-0.2, 0) is 19.1 Å². The third kappa shape index (κ3) is 2.09. The van der Waals surface area contributed by atoms with Crippen LogP contribution in [0.15, 0.2) is 23.8 Å². The van der Waals surface area contributed by atoms with Crippen molar-refractivity contribution in [3.8, 4) is 0 Å². The van der Waals surface area contributed by atoms with Gasteiger partial charge in [0.05, 0.1) is 6.10 Å². The first-order valence-corrected chi connectivity index (χ1v) is 11.6. The molecule has 0 aromatic heterocycles. The molecule has 1 heterocycles. The highest BCUT2D eigenvalue weighted by atomic mass is 32.2. The van der Waals surface area contributed by atoms with Gasteiger partial charge < -0.3 is 9.47 Å². The lowest BCUT2D eigenvalue weighted by molar-refractivity contribution is -0.162. The number of thioether (sulfide) groups is 1. The summed E-state index contributed by atoms with van der Waals surface area (Å²) in [5, 5.41) is -0.182. The average molecular weight is 421 g/mol. The van der Waals surface area contributed by atoms with E-state index in [2.05, 4.69) is 26.8 Å². The van der Waals surface area contributed by atoms with Crippen molar-refractivity contribution < 1.29 is 23.5 Å². The smallest absolute Gasteiger partial charge is 0.224 e. The summed E-state index contributed by atoms with van der Waals surface area (Å²) in [6.07, 6.45) is 9.02. The van der Waals surface area contributed by atoms with Crippen molar-refractivity contribution in [3.05, 3.63) is 23.8 Å². The van der Waals surface area contributed by atoms with Gasteiger partial charge >= 0.3 is 0 Å². The molecule has 0 aromatic carbocycles. The lowest BCUT2D eigenvalue weighted by Gasteiger charge is -2.56. The minimum atomic E-state index is -0.984. The van der Waals surface area contributed by atoms with Gasteiger partial charge in [0.25, 0.3) is 0 Å². The number of ether oxygens (including phenoxy) is 2. The molecule has 0 amide bonds. The van der Waals surface area contributed by atoms with Gasteiger partial charge in [-0.05, 0) is 62.5 Å². The van der Waals surface area contributed by atoms with Gasteiger partial charge in [0.1, 0.15) is 17.2 Å². The number of carbonyl (C=O) groups excluding carboxylic acids is 2. The first-order chi connectivity index (χ1) is 13.7. The maximum absolute atomic E-state index is 13.2. The molecule has 0 bridgehead atoms. The molecule has 8 atom stereocenters. The molecule has 4 aliphatic carbocycles. The highest BCUT2D eigenvalue weighted by Gasteiger charge is 2.82. The number of fused-ring (bicyclic) bond motifs is 3. The third-order valence-electron chi connectivity index (χ3n) is 9.28. The molecule has 29 heavy (non-hydrogen) atoms. The molecule has 0 aromatic rings. The summed E-state index contributed by atoms with van der Waals surface area (Å²) < 4.78 is 25.7. The fourth-order valence-corrected chi connectivity index (χ4v) is 8.91. The second-order valence-corrected chi connectivity index (χ2v) is 10.9. The Morgan fingerprint density at radius 3 is 2.83 bits per heavy atom. The lowest BCUT2D eigenvalue weighted by Crippen LogP contribution is -2.62. The van der Waals surface area contributed by atoms with Gasteiger partial charge in [-0.2, -0.15) is 0 Å². The van der Waals surface area contributed by atoms with E-state index in [0.29, 0.717) is 5.92 Å². The zero-order chi connectivity index (χ0) is 20.8.